The molecule has 3 aliphatic carbocycles. The third kappa shape index (κ3) is 5.68. The number of esters is 1. The van der Waals surface area contributed by atoms with Gasteiger partial charge in [-0.1, -0.05) is 0 Å². The summed E-state index contributed by atoms with van der Waals surface area (Å²) in [6.07, 6.45) is 11.1. The van der Waals surface area contributed by atoms with Gasteiger partial charge in [-0.25, -0.2) is 14.4 Å². The maximum atomic E-state index is 14.3. The number of carbonyl (C=O) groups is 2. The van der Waals surface area contributed by atoms with E-state index in [0.717, 1.165) is 50.9 Å². The van der Waals surface area contributed by atoms with Crippen LogP contribution in [0.4, 0.5) is 10.2 Å². The minimum absolute atomic E-state index is 0.0101. The highest BCUT2D eigenvalue weighted by atomic mass is 19.1. The standard InChI is InChI=1S/C35H46FN5O4/c1-4-41(23(2)3)33(43)28-14-27(36)7-8-29(28)45-30-17-37-22-38-32(30)40-19-34(20-40)9-11-39(12-10-34)18-25-13-26-6-5-24(25)15-35(26)16-31(42)44-21-35/h7-8,14,17,22-26H,4-6,9-13,15-16,18-21H2,1-3H3/t24-,25+,26?,35?/m0/s1. The Morgan fingerprint density at radius 3 is 2.67 bits per heavy atom. The van der Waals surface area contributed by atoms with Crippen molar-refractivity contribution >= 4 is 17.7 Å². The van der Waals surface area contributed by atoms with Crippen LogP contribution in [0, 0.1) is 34.4 Å². The summed E-state index contributed by atoms with van der Waals surface area (Å²) >= 11 is 0. The van der Waals surface area contributed by atoms with Crippen LogP contribution < -0.4 is 9.64 Å². The van der Waals surface area contributed by atoms with Crippen molar-refractivity contribution in [3.8, 4) is 11.5 Å². The number of fused-ring (bicyclic) bond motifs is 2. The first-order valence-electron chi connectivity index (χ1n) is 16.9. The largest absolute Gasteiger partial charge is 0.465 e. The number of nitrogens with zero attached hydrogens (tertiary/aromatic N) is 5. The first-order chi connectivity index (χ1) is 21.7. The molecular formula is C35H46FN5O4. The molecular weight excluding hydrogens is 573 g/mol. The normalized spacial score (nSPS) is 28.9. The molecule has 8 rings (SSSR count). The number of likely N-dealkylation sites (tertiary alicyclic amines) is 1. The zero-order chi connectivity index (χ0) is 31.3. The lowest BCUT2D eigenvalue weighted by Gasteiger charge is -2.56. The van der Waals surface area contributed by atoms with E-state index < -0.39 is 5.82 Å². The topological polar surface area (TPSA) is 88.1 Å². The van der Waals surface area contributed by atoms with Gasteiger partial charge in [0, 0.05) is 43.1 Å². The minimum atomic E-state index is -0.481. The highest BCUT2D eigenvalue weighted by Gasteiger charge is 2.55. The fourth-order valence-electron chi connectivity index (χ4n) is 9.24. The second kappa shape index (κ2) is 11.8. The molecule has 1 aromatic heterocycles. The van der Waals surface area contributed by atoms with E-state index in [1.54, 1.807) is 11.1 Å². The second-order valence-electron chi connectivity index (χ2n) is 14.7. The van der Waals surface area contributed by atoms with Crippen molar-refractivity contribution in [1.82, 2.24) is 19.8 Å². The van der Waals surface area contributed by atoms with Crippen LogP contribution in [-0.4, -0.2) is 83.6 Å². The van der Waals surface area contributed by atoms with E-state index in [1.165, 1.54) is 56.8 Å². The van der Waals surface area contributed by atoms with Crippen molar-refractivity contribution < 1.29 is 23.5 Å². The number of ether oxygens (including phenoxy) is 2. The van der Waals surface area contributed by atoms with Crippen molar-refractivity contribution in [3.63, 3.8) is 0 Å². The summed E-state index contributed by atoms with van der Waals surface area (Å²) in [5.74, 6) is 2.85. The lowest BCUT2D eigenvalue weighted by molar-refractivity contribution is -0.137. The summed E-state index contributed by atoms with van der Waals surface area (Å²) in [4.78, 5) is 40.7. The Labute approximate surface area is 265 Å². The molecule has 0 N–H and O–H groups in total. The Morgan fingerprint density at radius 2 is 2.00 bits per heavy atom. The maximum Gasteiger partial charge on any atom is 0.306 e. The van der Waals surface area contributed by atoms with E-state index in [2.05, 4.69) is 19.8 Å². The van der Waals surface area contributed by atoms with Crippen LogP contribution in [0.1, 0.15) is 76.1 Å². The van der Waals surface area contributed by atoms with Gasteiger partial charge in [0.25, 0.3) is 5.91 Å². The molecule has 4 atom stereocenters. The molecule has 1 aromatic carbocycles. The fourth-order valence-corrected chi connectivity index (χ4v) is 9.24. The summed E-state index contributed by atoms with van der Waals surface area (Å²) < 4.78 is 26.0. The Balaban J connectivity index is 0.965. The first-order valence-corrected chi connectivity index (χ1v) is 16.9. The summed E-state index contributed by atoms with van der Waals surface area (Å²) in [7, 11) is 0. The Bertz CT molecular complexity index is 1440. The lowest BCUT2D eigenvalue weighted by Crippen LogP contribution is -2.61. The smallest absolute Gasteiger partial charge is 0.306 e. The van der Waals surface area contributed by atoms with Crippen molar-refractivity contribution in [2.75, 3.05) is 50.8 Å². The molecule has 10 heteroatoms. The maximum absolute atomic E-state index is 14.3. The molecule has 0 radical (unpaired) electrons. The molecule has 9 nitrogen and oxygen atoms in total. The van der Waals surface area contributed by atoms with E-state index >= 15 is 0 Å². The Kier molecular flexibility index (Phi) is 7.99. The van der Waals surface area contributed by atoms with Gasteiger partial charge >= 0.3 is 5.97 Å². The van der Waals surface area contributed by atoms with E-state index in [0.29, 0.717) is 42.8 Å². The highest BCUT2D eigenvalue weighted by molar-refractivity contribution is 5.97. The van der Waals surface area contributed by atoms with E-state index in [4.69, 9.17) is 9.47 Å². The SMILES string of the molecule is CCN(C(=O)c1cc(F)ccc1Oc1cncnc1N1CC2(CCN(C[C@H]3CC4CC[C@H]3CC43COC(=O)C3)CC2)C1)C(C)C. The Hall–Kier alpha value is -3.27. The third-order valence-electron chi connectivity index (χ3n) is 11.7. The third-order valence-corrected chi connectivity index (χ3v) is 11.7. The van der Waals surface area contributed by atoms with Gasteiger partial charge in [0.1, 0.15) is 17.9 Å². The summed E-state index contributed by atoms with van der Waals surface area (Å²) in [5.41, 5.74) is 0.601. The van der Waals surface area contributed by atoms with E-state index in [9.17, 15) is 14.0 Å². The van der Waals surface area contributed by atoms with Crippen LogP contribution >= 0.6 is 0 Å². The van der Waals surface area contributed by atoms with Crippen LogP contribution in [-0.2, 0) is 9.53 Å². The lowest BCUT2D eigenvalue weighted by atomic mass is 9.52. The van der Waals surface area contributed by atoms with Crippen LogP contribution in [0.5, 0.6) is 11.5 Å². The molecule has 6 aliphatic rings. The second-order valence-corrected chi connectivity index (χ2v) is 14.7. The molecule has 45 heavy (non-hydrogen) atoms. The van der Waals surface area contributed by atoms with Gasteiger partial charge in [-0.2, -0.15) is 0 Å². The van der Waals surface area contributed by atoms with Gasteiger partial charge in [0.15, 0.2) is 11.6 Å². The zero-order valence-corrected chi connectivity index (χ0v) is 26.8. The number of aromatic nitrogens is 2. The summed E-state index contributed by atoms with van der Waals surface area (Å²) in [5, 5.41) is 0. The number of benzene rings is 1. The number of hydrogen-bond acceptors (Lipinski definition) is 8. The number of rotatable bonds is 8. The van der Waals surface area contributed by atoms with Gasteiger partial charge < -0.3 is 24.2 Å². The quantitative estimate of drug-likeness (QED) is 0.356. The number of piperidine rings is 1. The number of hydrogen-bond donors (Lipinski definition) is 0. The predicted octanol–water partition coefficient (Wildman–Crippen LogP) is 5.55. The average molecular weight is 620 g/mol. The molecule has 4 heterocycles. The minimum Gasteiger partial charge on any atom is -0.465 e. The molecule has 1 amide bonds. The number of carbonyl (C=O) groups excluding carboxylic acids is 2. The van der Waals surface area contributed by atoms with Crippen LogP contribution in [0.15, 0.2) is 30.7 Å². The van der Waals surface area contributed by atoms with Crippen LogP contribution in [0.2, 0.25) is 0 Å². The van der Waals surface area contributed by atoms with Crippen LogP contribution in [0.3, 0.4) is 0 Å². The molecule has 2 bridgehead atoms. The molecule has 6 fully saturated rings. The highest BCUT2D eigenvalue weighted by Crippen LogP contribution is 2.58. The van der Waals surface area contributed by atoms with Crippen molar-refractivity contribution in [2.45, 2.75) is 71.8 Å². The number of cyclic esters (lactones) is 1. The van der Waals surface area contributed by atoms with Crippen LogP contribution in [0.25, 0.3) is 0 Å². The van der Waals surface area contributed by atoms with Crippen molar-refractivity contribution in [2.24, 2.45) is 28.6 Å². The average Bonchev–Trinajstić information content (AvgIpc) is 3.38. The van der Waals surface area contributed by atoms with Gasteiger partial charge in [-0.3, -0.25) is 9.59 Å². The molecule has 2 unspecified atom stereocenters. The predicted molar refractivity (Wildman–Crippen MR) is 168 cm³/mol. The summed E-state index contributed by atoms with van der Waals surface area (Å²) in [6.45, 7) is 12.2. The summed E-state index contributed by atoms with van der Waals surface area (Å²) in [6, 6.07) is 4.05. The van der Waals surface area contributed by atoms with Gasteiger partial charge in [0.05, 0.1) is 24.8 Å². The monoisotopic (exact) mass is 619 g/mol. The van der Waals surface area contributed by atoms with E-state index in [1.807, 2.05) is 20.8 Å². The molecule has 3 aliphatic heterocycles. The van der Waals surface area contributed by atoms with Gasteiger partial charge in [-0.05, 0) is 108 Å². The van der Waals surface area contributed by atoms with Gasteiger partial charge in [0.2, 0.25) is 0 Å². The number of amides is 1. The molecule has 2 aromatic rings. The zero-order valence-electron chi connectivity index (χ0n) is 26.8. The molecule has 3 saturated heterocycles. The molecule has 3 saturated carbocycles. The fraction of sp³-hybridized carbons (Fsp3) is 0.657. The van der Waals surface area contributed by atoms with Crippen molar-refractivity contribution in [3.05, 3.63) is 42.1 Å². The van der Waals surface area contributed by atoms with Crippen molar-refractivity contribution in [1.29, 1.82) is 0 Å². The first kappa shape index (κ1) is 30.4. The number of anilines is 1. The molecule has 242 valence electrons. The van der Waals surface area contributed by atoms with Gasteiger partial charge in [-0.15, -0.1) is 0 Å². The Morgan fingerprint density at radius 1 is 1.20 bits per heavy atom. The van der Waals surface area contributed by atoms with E-state index in [-0.39, 0.29) is 34.3 Å². The molecule has 2 spiro atoms. The number of halogens is 1.